The fourth-order valence-electron chi connectivity index (χ4n) is 1.53. The number of hydrogen-bond donors (Lipinski definition) is 3. The van der Waals surface area contributed by atoms with Crippen LogP contribution in [0.2, 0.25) is 0 Å². The number of amides is 1. The van der Waals surface area contributed by atoms with E-state index in [1.165, 1.54) is 18.4 Å². The van der Waals surface area contributed by atoms with Crippen LogP contribution in [0.4, 0.5) is 0 Å². The monoisotopic (exact) mass is 247 g/mol. The highest BCUT2D eigenvalue weighted by Gasteiger charge is 2.14. The number of furan rings is 1. The molecule has 5 heteroatoms. The molecule has 0 aliphatic carbocycles. The molecule has 2 aromatic rings. The number of benzene rings is 1. The molecular formula is C13H13NO4. The molecule has 0 spiro atoms. The van der Waals surface area contributed by atoms with Crippen molar-refractivity contribution in [2.24, 2.45) is 0 Å². The van der Waals surface area contributed by atoms with Crippen LogP contribution in [0.15, 0.2) is 47.1 Å². The summed E-state index contributed by atoms with van der Waals surface area (Å²) < 4.78 is 5.01. The molecule has 3 N–H and O–H groups in total. The molecule has 0 aliphatic heterocycles. The third kappa shape index (κ3) is 2.70. The number of aliphatic hydroxyl groups excluding tert-OH is 1. The van der Waals surface area contributed by atoms with Crippen molar-refractivity contribution >= 4 is 5.91 Å². The van der Waals surface area contributed by atoms with E-state index >= 15 is 0 Å². The van der Waals surface area contributed by atoms with E-state index in [-0.39, 0.29) is 17.9 Å². The minimum Gasteiger partial charge on any atom is -0.507 e. The van der Waals surface area contributed by atoms with Gasteiger partial charge in [0.1, 0.15) is 17.6 Å². The summed E-state index contributed by atoms with van der Waals surface area (Å²) in [6.45, 7) is 0.0146. The lowest BCUT2D eigenvalue weighted by Gasteiger charge is -2.10. The second-order valence-corrected chi connectivity index (χ2v) is 3.76. The van der Waals surface area contributed by atoms with E-state index in [0.29, 0.717) is 5.76 Å². The summed E-state index contributed by atoms with van der Waals surface area (Å²) in [5, 5.41) is 21.7. The third-order valence-electron chi connectivity index (χ3n) is 2.48. The van der Waals surface area contributed by atoms with Gasteiger partial charge in [-0.05, 0) is 24.3 Å². The molecule has 0 aliphatic rings. The first kappa shape index (κ1) is 12.2. The van der Waals surface area contributed by atoms with Gasteiger partial charge in [0, 0.05) is 0 Å². The van der Waals surface area contributed by atoms with Crippen molar-refractivity contribution in [3.63, 3.8) is 0 Å². The Morgan fingerprint density at radius 1 is 1.28 bits per heavy atom. The zero-order valence-electron chi connectivity index (χ0n) is 9.54. The molecule has 2 rings (SSSR count). The Kier molecular flexibility index (Phi) is 3.64. The van der Waals surface area contributed by atoms with Gasteiger partial charge in [-0.25, -0.2) is 0 Å². The van der Waals surface area contributed by atoms with Crippen LogP contribution in [-0.2, 0) is 0 Å². The smallest absolute Gasteiger partial charge is 0.255 e. The fourth-order valence-corrected chi connectivity index (χ4v) is 1.53. The average Bonchev–Trinajstić information content (AvgIpc) is 2.90. The summed E-state index contributed by atoms with van der Waals surface area (Å²) in [7, 11) is 0. The normalized spacial score (nSPS) is 12.1. The Labute approximate surface area is 104 Å². The molecule has 94 valence electrons. The number of nitrogens with one attached hydrogen (secondary N) is 1. The molecule has 1 atom stereocenters. The average molecular weight is 247 g/mol. The van der Waals surface area contributed by atoms with Gasteiger partial charge in [0.15, 0.2) is 0 Å². The number of para-hydroxylation sites is 1. The highest BCUT2D eigenvalue weighted by Crippen LogP contribution is 2.16. The molecule has 0 bridgehead atoms. The summed E-state index contributed by atoms with van der Waals surface area (Å²) in [6, 6.07) is 9.49. The predicted molar refractivity (Wildman–Crippen MR) is 64.1 cm³/mol. The van der Waals surface area contributed by atoms with Crippen LogP contribution in [0, 0.1) is 0 Å². The molecule has 1 heterocycles. The number of phenolic OH excluding ortho intramolecular Hbond substituents is 1. The molecule has 1 amide bonds. The van der Waals surface area contributed by atoms with Gasteiger partial charge < -0.3 is 19.9 Å². The lowest BCUT2D eigenvalue weighted by molar-refractivity contribution is 0.0898. The summed E-state index contributed by atoms with van der Waals surface area (Å²) >= 11 is 0. The summed E-state index contributed by atoms with van der Waals surface area (Å²) in [6.07, 6.45) is 0.540. The summed E-state index contributed by atoms with van der Waals surface area (Å²) in [4.78, 5) is 11.7. The first-order valence-corrected chi connectivity index (χ1v) is 5.46. The Hall–Kier alpha value is -2.27. The number of carbonyl (C=O) groups is 1. The molecule has 1 unspecified atom stereocenters. The standard InChI is InChI=1S/C13H13NO4/c15-10-5-2-1-4-9(10)13(17)14-8-11(16)12-6-3-7-18-12/h1-7,11,15-16H,8H2,(H,14,17). The number of aromatic hydroxyl groups is 1. The van der Waals surface area contributed by atoms with E-state index in [9.17, 15) is 15.0 Å². The quantitative estimate of drug-likeness (QED) is 0.763. The van der Waals surface area contributed by atoms with Gasteiger partial charge in [-0.3, -0.25) is 4.79 Å². The lowest BCUT2D eigenvalue weighted by Crippen LogP contribution is -2.28. The van der Waals surface area contributed by atoms with Crippen LogP contribution in [0.1, 0.15) is 22.2 Å². The van der Waals surface area contributed by atoms with Gasteiger partial charge >= 0.3 is 0 Å². The lowest BCUT2D eigenvalue weighted by atomic mass is 10.2. The van der Waals surface area contributed by atoms with Gasteiger partial charge in [0.05, 0.1) is 18.4 Å². The molecular weight excluding hydrogens is 234 g/mol. The SMILES string of the molecule is O=C(NCC(O)c1ccco1)c1ccccc1O. The van der Waals surface area contributed by atoms with Crippen molar-refractivity contribution in [3.05, 3.63) is 54.0 Å². The zero-order chi connectivity index (χ0) is 13.0. The van der Waals surface area contributed by atoms with Crippen LogP contribution in [0.3, 0.4) is 0 Å². The highest BCUT2D eigenvalue weighted by atomic mass is 16.4. The Balaban J connectivity index is 1.95. The van der Waals surface area contributed by atoms with E-state index in [1.54, 1.807) is 24.3 Å². The molecule has 0 fully saturated rings. The number of aliphatic hydroxyl groups is 1. The maximum absolute atomic E-state index is 11.7. The number of hydrogen-bond acceptors (Lipinski definition) is 4. The largest absolute Gasteiger partial charge is 0.507 e. The van der Waals surface area contributed by atoms with Gasteiger partial charge in [-0.2, -0.15) is 0 Å². The third-order valence-corrected chi connectivity index (χ3v) is 2.48. The first-order chi connectivity index (χ1) is 8.68. The Morgan fingerprint density at radius 2 is 2.06 bits per heavy atom. The van der Waals surface area contributed by atoms with E-state index in [0.717, 1.165) is 0 Å². The minimum atomic E-state index is -0.908. The van der Waals surface area contributed by atoms with Gasteiger partial charge in [-0.15, -0.1) is 0 Å². The number of phenols is 1. The second kappa shape index (κ2) is 5.37. The summed E-state index contributed by atoms with van der Waals surface area (Å²) in [5.74, 6) is -0.159. The van der Waals surface area contributed by atoms with E-state index < -0.39 is 12.0 Å². The van der Waals surface area contributed by atoms with Crippen molar-refractivity contribution < 1.29 is 19.4 Å². The molecule has 1 aromatic heterocycles. The molecule has 1 aromatic carbocycles. The Morgan fingerprint density at radius 3 is 2.72 bits per heavy atom. The first-order valence-electron chi connectivity index (χ1n) is 5.46. The van der Waals surface area contributed by atoms with Crippen LogP contribution < -0.4 is 5.32 Å². The van der Waals surface area contributed by atoms with Gasteiger partial charge in [0.25, 0.3) is 5.91 Å². The van der Waals surface area contributed by atoms with Crippen LogP contribution >= 0.6 is 0 Å². The molecule has 18 heavy (non-hydrogen) atoms. The summed E-state index contributed by atoms with van der Waals surface area (Å²) in [5.41, 5.74) is 0.171. The van der Waals surface area contributed by atoms with Crippen molar-refractivity contribution in [3.8, 4) is 5.75 Å². The van der Waals surface area contributed by atoms with E-state index in [2.05, 4.69) is 5.32 Å². The Bertz CT molecular complexity index is 522. The second-order valence-electron chi connectivity index (χ2n) is 3.76. The topological polar surface area (TPSA) is 82.7 Å². The van der Waals surface area contributed by atoms with Gasteiger partial charge in [0.2, 0.25) is 0 Å². The molecule has 0 saturated carbocycles. The number of carbonyl (C=O) groups excluding carboxylic acids is 1. The zero-order valence-corrected chi connectivity index (χ0v) is 9.54. The van der Waals surface area contributed by atoms with Crippen molar-refractivity contribution in [1.82, 2.24) is 5.32 Å². The molecule has 0 saturated heterocycles. The van der Waals surface area contributed by atoms with Crippen LogP contribution in [0.5, 0.6) is 5.75 Å². The maximum Gasteiger partial charge on any atom is 0.255 e. The predicted octanol–water partition coefficient (Wildman–Crippen LogP) is 1.45. The van der Waals surface area contributed by atoms with Gasteiger partial charge in [-0.1, -0.05) is 12.1 Å². The van der Waals surface area contributed by atoms with Crippen molar-refractivity contribution in [2.75, 3.05) is 6.54 Å². The molecule has 0 radical (unpaired) electrons. The van der Waals surface area contributed by atoms with E-state index in [1.807, 2.05) is 0 Å². The van der Waals surface area contributed by atoms with Crippen molar-refractivity contribution in [2.45, 2.75) is 6.10 Å². The highest BCUT2D eigenvalue weighted by molar-refractivity contribution is 5.96. The van der Waals surface area contributed by atoms with Crippen LogP contribution in [0.25, 0.3) is 0 Å². The number of rotatable bonds is 4. The fraction of sp³-hybridized carbons (Fsp3) is 0.154. The van der Waals surface area contributed by atoms with E-state index in [4.69, 9.17) is 4.42 Å². The van der Waals surface area contributed by atoms with Crippen LogP contribution in [-0.4, -0.2) is 22.7 Å². The molecule has 5 nitrogen and oxygen atoms in total. The minimum absolute atomic E-state index is 0.0146. The maximum atomic E-state index is 11.7. The van der Waals surface area contributed by atoms with Crippen molar-refractivity contribution in [1.29, 1.82) is 0 Å².